The van der Waals surface area contributed by atoms with Gasteiger partial charge in [0.2, 0.25) is 0 Å². The predicted octanol–water partition coefficient (Wildman–Crippen LogP) is 2.99. The Bertz CT molecular complexity index is 63.0. The number of hydrogen-bond acceptors (Lipinski definition) is 1. The van der Waals surface area contributed by atoms with Crippen molar-refractivity contribution in [3.8, 4) is 0 Å². The summed E-state index contributed by atoms with van der Waals surface area (Å²) in [4.78, 5) is 0. The molecule has 3 N–H and O–H groups in total. The zero-order chi connectivity index (χ0) is 5.98. The molecule has 1 heteroatoms. The molecular formula is C8H19N. The summed E-state index contributed by atoms with van der Waals surface area (Å²) >= 11 is 0. The normalized spacial score (nSPS) is 20.3. The molecule has 0 amide bonds. The standard InChI is InChI=1S/C8H16.H3N/c1-7(2)8-5-3-4-6-8;/h7-8H,3-6H2,1-2H3;1H3. The summed E-state index contributed by atoms with van der Waals surface area (Å²) in [6, 6.07) is 0. The fourth-order valence-corrected chi connectivity index (χ4v) is 1.62. The van der Waals surface area contributed by atoms with Gasteiger partial charge in [0.1, 0.15) is 0 Å². The molecule has 0 heterocycles. The highest BCUT2D eigenvalue weighted by atomic mass is 14.2. The quantitative estimate of drug-likeness (QED) is 0.580. The second kappa shape index (κ2) is 3.89. The first-order valence-corrected chi connectivity index (χ1v) is 3.80. The van der Waals surface area contributed by atoms with Gasteiger partial charge in [0.05, 0.1) is 0 Å². The molecule has 1 aliphatic carbocycles. The van der Waals surface area contributed by atoms with Crippen molar-refractivity contribution < 1.29 is 0 Å². The molecule has 0 radical (unpaired) electrons. The van der Waals surface area contributed by atoms with E-state index in [1.165, 1.54) is 25.7 Å². The average Bonchev–Trinajstić information content (AvgIpc) is 2.12. The molecule has 1 nitrogen and oxygen atoms in total. The van der Waals surface area contributed by atoms with Gasteiger partial charge in [-0.25, -0.2) is 0 Å². The van der Waals surface area contributed by atoms with Crippen molar-refractivity contribution in [1.82, 2.24) is 6.15 Å². The minimum Gasteiger partial charge on any atom is -0.344 e. The lowest BCUT2D eigenvalue weighted by Gasteiger charge is -2.11. The van der Waals surface area contributed by atoms with Crippen molar-refractivity contribution in [2.75, 3.05) is 0 Å². The van der Waals surface area contributed by atoms with Crippen LogP contribution in [-0.2, 0) is 0 Å². The third kappa shape index (κ3) is 2.35. The van der Waals surface area contributed by atoms with Crippen LogP contribution in [0.25, 0.3) is 0 Å². The van der Waals surface area contributed by atoms with E-state index in [0.29, 0.717) is 0 Å². The summed E-state index contributed by atoms with van der Waals surface area (Å²) in [5.74, 6) is 2.01. The van der Waals surface area contributed by atoms with Crippen LogP contribution in [0.5, 0.6) is 0 Å². The summed E-state index contributed by atoms with van der Waals surface area (Å²) in [7, 11) is 0. The second-order valence-electron chi connectivity index (χ2n) is 3.29. The van der Waals surface area contributed by atoms with E-state index in [-0.39, 0.29) is 6.15 Å². The monoisotopic (exact) mass is 129 g/mol. The molecule has 1 aliphatic rings. The first-order valence-electron chi connectivity index (χ1n) is 3.80. The maximum absolute atomic E-state index is 2.34. The molecule has 0 unspecified atom stereocenters. The van der Waals surface area contributed by atoms with Crippen molar-refractivity contribution >= 4 is 0 Å². The Morgan fingerprint density at radius 1 is 1.11 bits per heavy atom. The third-order valence-corrected chi connectivity index (χ3v) is 2.34. The third-order valence-electron chi connectivity index (χ3n) is 2.34. The van der Waals surface area contributed by atoms with Crippen LogP contribution in [-0.4, -0.2) is 0 Å². The lowest BCUT2D eigenvalue weighted by Crippen LogP contribution is -2.01. The minimum absolute atomic E-state index is 0. The van der Waals surface area contributed by atoms with Gasteiger partial charge in [0.15, 0.2) is 0 Å². The van der Waals surface area contributed by atoms with Gasteiger partial charge in [-0.2, -0.15) is 0 Å². The lowest BCUT2D eigenvalue weighted by atomic mass is 9.95. The van der Waals surface area contributed by atoms with Crippen LogP contribution in [0, 0.1) is 11.8 Å². The highest BCUT2D eigenvalue weighted by Gasteiger charge is 2.17. The summed E-state index contributed by atoms with van der Waals surface area (Å²) < 4.78 is 0. The molecule has 0 aromatic rings. The summed E-state index contributed by atoms with van der Waals surface area (Å²) in [5.41, 5.74) is 0. The molecule has 9 heavy (non-hydrogen) atoms. The van der Waals surface area contributed by atoms with Gasteiger partial charge in [-0.3, -0.25) is 0 Å². The Labute approximate surface area is 58.4 Å². The van der Waals surface area contributed by atoms with Crippen LogP contribution in [0.3, 0.4) is 0 Å². The van der Waals surface area contributed by atoms with E-state index < -0.39 is 0 Å². The largest absolute Gasteiger partial charge is 0.344 e. The summed E-state index contributed by atoms with van der Waals surface area (Å²) in [6.07, 6.45) is 5.97. The molecule has 1 fully saturated rings. The van der Waals surface area contributed by atoms with E-state index >= 15 is 0 Å². The molecule has 0 aliphatic heterocycles. The highest BCUT2D eigenvalue weighted by molar-refractivity contribution is 4.69. The summed E-state index contributed by atoms with van der Waals surface area (Å²) in [5, 5.41) is 0. The molecule has 0 aromatic heterocycles. The van der Waals surface area contributed by atoms with E-state index in [4.69, 9.17) is 0 Å². The summed E-state index contributed by atoms with van der Waals surface area (Å²) in [6.45, 7) is 4.69. The van der Waals surface area contributed by atoms with Crippen LogP contribution in [0.1, 0.15) is 39.5 Å². The molecule has 0 saturated heterocycles. The predicted molar refractivity (Wildman–Crippen MR) is 41.8 cm³/mol. The van der Waals surface area contributed by atoms with E-state index in [9.17, 15) is 0 Å². The smallest absolute Gasteiger partial charge is 0.0391 e. The maximum Gasteiger partial charge on any atom is -0.0391 e. The first-order chi connectivity index (χ1) is 3.80. The topological polar surface area (TPSA) is 35.0 Å². The number of hydrogen-bond donors (Lipinski definition) is 1. The van der Waals surface area contributed by atoms with Gasteiger partial charge in [-0.05, 0) is 11.8 Å². The zero-order valence-corrected chi connectivity index (χ0v) is 6.69. The van der Waals surface area contributed by atoms with E-state index in [0.717, 1.165) is 11.8 Å². The Hall–Kier alpha value is -0.0400. The minimum atomic E-state index is 0. The molecule has 56 valence electrons. The van der Waals surface area contributed by atoms with Crippen LogP contribution < -0.4 is 6.15 Å². The second-order valence-corrected chi connectivity index (χ2v) is 3.29. The molecule has 1 rings (SSSR count). The fraction of sp³-hybridized carbons (Fsp3) is 1.00. The van der Waals surface area contributed by atoms with Gasteiger partial charge in [-0.1, -0.05) is 39.5 Å². The SMILES string of the molecule is CC(C)C1CCCC1.N. The average molecular weight is 129 g/mol. The maximum atomic E-state index is 2.34. The van der Waals surface area contributed by atoms with Crippen LogP contribution in [0.15, 0.2) is 0 Å². The molecule has 0 bridgehead atoms. The van der Waals surface area contributed by atoms with Crippen molar-refractivity contribution in [3.63, 3.8) is 0 Å². The fourth-order valence-electron chi connectivity index (χ4n) is 1.62. The molecular weight excluding hydrogens is 110 g/mol. The van der Waals surface area contributed by atoms with Gasteiger partial charge < -0.3 is 6.15 Å². The van der Waals surface area contributed by atoms with E-state index in [1.54, 1.807) is 0 Å². The van der Waals surface area contributed by atoms with Crippen molar-refractivity contribution in [3.05, 3.63) is 0 Å². The molecule has 1 saturated carbocycles. The Morgan fingerprint density at radius 2 is 1.56 bits per heavy atom. The van der Waals surface area contributed by atoms with Gasteiger partial charge in [0.25, 0.3) is 0 Å². The Morgan fingerprint density at radius 3 is 1.78 bits per heavy atom. The Balaban J connectivity index is 0.000000640. The zero-order valence-electron chi connectivity index (χ0n) is 6.69. The van der Waals surface area contributed by atoms with E-state index in [1.807, 2.05) is 0 Å². The van der Waals surface area contributed by atoms with Crippen LogP contribution in [0.4, 0.5) is 0 Å². The van der Waals surface area contributed by atoms with Crippen molar-refractivity contribution in [1.29, 1.82) is 0 Å². The molecule has 0 spiro atoms. The lowest BCUT2D eigenvalue weighted by molar-refractivity contribution is 0.396. The molecule has 0 aromatic carbocycles. The first kappa shape index (κ1) is 8.96. The van der Waals surface area contributed by atoms with Crippen LogP contribution in [0.2, 0.25) is 0 Å². The highest BCUT2D eigenvalue weighted by Crippen LogP contribution is 2.30. The van der Waals surface area contributed by atoms with Crippen LogP contribution >= 0.6 is 0 Å². The van der Waals surface area contributed by atoms with Crippen molar-refractivity contribution in [2.45, 2.75) is 39.5 Å². The van der Waals surface area contributed by atoms with Gasteiger partial charge in [0, 0.05) is 0 Å². The van der Waals surface area contributed by atoms with E-state index in [2.05, 4.69) is 13.8 Å². The van der Waals surface area contributed by atoms with Gasteiger partial charge in [-0.15, -0.1) is 0 Å². The molecule has 0 atom stereocenters. The number of rotatable bonds is 1. The Kier molecular flexibility index (Phi) is 3.87. The van der Waals surface area contributed by atoms with Crippen molar-refractivity contribution in [2.24, 2.45) is 11.8 Å². The van der Waals surface area contributed by atoms with Gasteiger partial charge >= 0.3 is 0 Å².